The minimum absolute atomic E-state index is 0.00871. The maximum absolute atomic E-state index is 13.6. The molecule has 4 aliphatic rings. The molecule has 0 spiro atoms. The number of carboxylic acid groups (broad SMARTS) is 1. The van der Waals surface area contributed by atoms with Gasteiger partial charge in [-0.05, 0) is 49.3 Å². The second-order valence-corrected chi connectivity index (χ2v) is 11.6. The highest BCUT2D eigenvalue weighted by molar-refractivity contribution is 6.53. The number of carboxylic acids is 1. The number of amides is 4. The van der Waals surface area contributed by atoms with Gasteiger partial charge in [-0.25, -0.2) is 0 Å². The van der Waals surface area contributed by atoms with Crippen molar-refractivity contribution in [3.63, 3.8) is 0 Å². The number of likely N-dealkylation sites (tertiary alicyclic amines) is 2. The zero-order valence-corrected chi connectivity index (χ0v) is 21.8. The van der Waals surface area contributed by atoms with Crippen LogP contribution in [0.5, 0.6) is 5.75 Å². The van der Waals surface area contributed by atoms with Gasteiger partial charge in [0.2, 0.25) is 11.8 Å². The Morgan fingerprint density at radius 3 is 2.46 bits per heavy atom. The topological polar surface area (TPSA) is 132 Å². The van der Waals surface area contributed by atoms with Gasteiger partial charge in [-0.2, -0.15) is 0 Å². The molecule has 196 valence electrons. The van der Waals surface area contributed by atoms with Gasteiger partial charge in [0.1, 0.15) is 5.75 Å². The van der Waals surface area contributed by atoms with Gasteiger partial charge >= 0.3 is 5.97 Å². The SMILES string of the molecule is Cc1cc(C2C3=CCC4C(=O)N(CCCC(=O)O)C(=O)C4C3CC3(Cl)C(=O)N(C)C(=O)C23Cl)ccc1O. The summed E-state index contributed by atoms with van der Waals surface area (Å²) in [6.07, 6.45) is 1.93. The molecule has 6 unspecified atom stereocenters. The van der Waals surface area contributed by atoms with Crippen LogP contribution in [0.3, 0.4) is 0 Å². The number of fused-ring (bicyclic) bond motifs is 4. The third kappa shape index (κ3) is 3.39. The Hall–Kier alpha value is -2.91. The Morgan fingerprint density at radius 1 is 1.11 bits per heavy atom. The van der Waals surface area contributed by atoms with Gasteiger partial charge in [-0.15, -0.1) is 23.2 Å². The van der Waals surface area contributed by atoms with E-state index < -0.39 is 57.1 Å². The van der Waals surface area contributed by atoms with Gasteiger partial charge in [-0.3, -0.25) is 33.8 Å². The van der Waals surface area contributed by atoms with E-state index in [9.17, 15) is 29.1 Å². The molecule has 11 heteroatoms. The molecule has 37 heavy (non-hydrogen) atoms. The number of aryl methyl sites for hydroxylation is 1. The number of rotatable bonds is 5. The van der Waals surface area contributed by atoms with Crippen LogP contribution in [0.4, 0.5) is 0 Å². The van der Waals surface area contributed by atoms with Crippen LogP contribution in [0.15, 0.2) is 29.8 Å². The van der Waals surface area contributed by atoms with Crippen LogP contribution in [0, 0.1) is 24.7 Å². The summed E-state index contributed by atoms with van der Waals surface area (Å²) in [5, 5.41) is 19.1. The molecule has 6 atom stereocenters. The van der Waals surface area contributed by atoms with Crippen LogP contribution in [-0.2, 0) is 24.0 Å². The third-order valence-electron chi connectivity index (χ3n) is 8.43. The molecule has 0 bridgehead atoms. The van der Waals surface area contributed by atoms with Gasteiger partial charge in [0.15, 0.2) is 9.75 Å². The lowest BCUT2D eigenvalue weighted by atomic mass is 9.56. The number of hydrogen-bond donors (Lipinski definition) is 2. The van der Waals surface area contributed by atoms with E-state index >= 15 is 0 Å². The maximum atomic E-state index is 13.6. The van der Waals surface area contributed by atoms with Crippen molar-refractivity contribution < 1.29 is 34.2 Å². The number of alkyl halides is 2. The number of hydrogen-bond acceptors (Lipinski definition) is 6. The van der Waals surface area contributed by atoms with Crippen molar-refractivity contribution in [1.82, 2.24) is 9.80 Å². The number of phenols is 1. The van der Waals surface area contributed by atoms with Gasteiger partial charge < -0.3 is 10.2 Å². The first kappa shape index (κ1) is 25.7. The molecule has 4 amide bonds. The molecule has 2 heterocycles. The van der Waals surface area contributed by atoms with E-state index in [1.165, 1.54) is 13.1 Å². The summed E-state index contributed by atoms with van der Waals surface area (Å²) >= 11 is 14.2. The molecule has 2 aliphatic carbocycles. The van der Waals surface area contributed by atoms with Gasteiger partial charge in [-0.1, -0.05) is 23.8 Å². The molecule has 3 fully saturated rings. The summed E-state index contributed by atoms with van der Waals surface area (Å²) < 4.78 is 0. The van der Waals surface area contributed by atoms with Gasteiger partial charge in [0, 0.05) is 25.9 Å². The second-order valence-electron chi connectivity index (χ2n) is 10.4. The van der Waals surface area contributed by atoms with Crippen LogP contribution in [0.1, 0.15) is 42.7 Å². The lowest BCUT2D eigenvalue weighted by Gasteiger charge is -2.50. The fourth-order valence-electron chi connectivity index (χ4n) is 6.65. The van der Waals surface area contributed by atoms with Crippen molar-refractivity contribution in [2.24, 2.45) is 17.8 Å². The lowest BCUT2D eigenvalue weighted by Crippen LogP contribution is -2.60. The number of carbonyl (C=O) groups excluding carboxylic acids is 4. The third-order valence-corrected chi connectivity index (χ3v) is 9.85. The van der Waals surface area contributed by atoms with Crippen molar-refractivity contribution in [3.8, 4) is 5.75 Å². The number of phenolic OH excluding ortho intramolecular Hbond substituents is 1. The van der Waals surface area contributed by atoms with Crippen molar-refractivity contribution in [1.29, 1.82) is 0 Å². The molecular formula is C26H26Cl2N2O7. The molecule has 2 aliphatic heterocycles. The molecule has 0 aromatic heterocycles. The maximum Gasteiger partial charge on any atom is 0.303 e. The number of allylic oxidation sites excluding steroid dienone is 2. The van der Waals surface area contributed by atoms with E-state index in [-0.39, 0.29) is 43.9 Å². The molecular weight excluding hydrogens is 523 g/mol. The zero-order valence-electron chi connectivity index (χ0n) is 20.2. The monoisotopic (exact) mass is 548 g/mol. The second kappa shape index (κ2) is 8.56. The summed E-state index contributed by atoms with van der Waals surface area (Å²) in [4.78, 5) is 62.9. The molecule has 1 aromatic carbocycles. The average molecular weight is 549 g/mol. The van der Waals surface area contributed by atoms with Crippen molar-refractivity contribution in [2.75, 3.05) is 13.6 Å². The summed E-state index contributed by atoms with van der Waals surface area (Å²) in [6, 6.07) is 4.79. The average Bonchev–Trinajstić information content (AvgIpc) is 3.16. The highest BCUT2D eigenvalue weighted by atomic mass is 35.5. The van der Waals surface area contributed by atoms with Crippen LogP contribution >= 0.6 is 23.2 Å². The number of imide groups is 2. The Labute approximate surface area is 223 Å². The van der Waals surface area contributed by atoms with Crippen molar-refractivity contribution in [2.45, 2.75) is 48.3 Å². The summed E-state index contributed by atoms with van der Waals surface area (Å²) in [7, 11) is 1.33. The number of aliphatic carboxylic acids is 1. The fourth-order valence-corrected chi connectivity index (χ4v) is 7.67. The van der Waals surface area contributed by atoms with Crippen molar-refractivity contribution >= 4 is 52.8 Å². The molecule has 1 saturated carbocycles. The summed E-state index contributed by atoms with van der Waals surface area (Å²) in [5.41, 5.74) is 1.77. The van der Waals surface area contributed by atoms with E-state index in [4.69, 9.17) is 28.3 Å². The molecule has 9 nitrogen and oxygen atoms in total. The fraction of sp³-hybridized carbons (Fsp3) is 0.500. The van der Waals surface area contributed by atoms with Crippen molar-refractivity contribution in [3.05, 3.63) is 41.0 Å². The normalized spacial score (nSPS) is 34.9. The Balaban J connectivity index is 1.62. The predicted octanol–water partition coefficient (Wildman–Crippen LogP) is 2.55. The number of halogens is 2. The molecule has 0 radical (unpaired) electrons. The van der Waals surface area contributed by atoms with E-state index in [1.54, 1.807) is 19.1 Å². The van der Waals surface area contributed by atoms with Crippen LogP contribution in [0.2, 0.25) is 0 Å². The Kier molecular flexibility index (Phi) is 5.95. The summed E-state index contributed by atoms with van der Waals surface area (Å²) in [5.74, 6) is -6.05. The Morgan fingerprint density at radius 2 is 1.81 bits per heavy atom. The standard InChI is InChI=1S/C26H26Cl2N2O7/c1-12-10-13(5-8-17(12)31)20-14-6-7-15-19(22(35)30(21(15)34)9-3-4-18(32)33)16(14)11-25(27)23(36)29(2)24(37)26(20,25)28/h5-6,8,10,15-16,19-20,31H,3-4,7,9,11H2,1-2H3,(H,32,33). The van der Waals surface area contributed by atoms with Gasteiger partial charge in [0.05, 0.1) is 11.8 Å². The number of benzene rings is 1. The molecule has 5 rings (SSSR count). The first-order valence-corrected chi connectivity index (χ1v) is 12.9. The van der Waals surface area contributed by atoms with E-state index in [2.05, 4.69) is 0 Å². The summed E-state index contributed by atoms with van der Waals surface area (Å²) in [6.45, 7) is 1.69. The van der Waals surface area contributed by atoms with E-state index in [1.807, 2.05) is 6.08 Å². The molecule has 2 saturated heterocycles. The first-order chi connectivity index (χ1) is 17.3. The zero-order chi connectivity index (χ0) is 27.0. The minimum Gasteiger partial charge on any atom is -0.508 e. The van der Waals surface area contributed by atoms with Crippen LogP contribution in [-0.4, -0.2) is 73.0 Å². The number of carbonyl (C=O) groups is 5. The predicted molar refractivity (Wildman–Crippen MR) is 132 cm³/mol. The number of nitrogens with zero attached hydrogens (tertiary/aromatic N) is 2. The molecule has 2 N–H and O–H groups in total. The molecule has 1 aromatic rings. The van der Waals surface area contributed by atoms with Crippen LogP contribution < -0.4 is 0 Å². The van der Waals surface area contributed by atoms with Gasteiger partial charge in [0.25, 0.3) is 11.8 Å². The van der Waals surface area contributed by atoms with E-state index in [0.717, 1.165) is 9.80 Å². The lowest BCUT2D eigenvalue weighted by molar-refractivity contribution is -0.142. The van der Waals surface area contributed by atoms with E-state index in [0.29, 0.717) is 16.7 Å². The quantitative estimate of drug-likeness (QED) is 0.328. The Bertz CT molecular complexity index is 1300. The highest BCUT2D eigenvalue weighted by Crippen LogP contribution is 2.65. The van der Waals surface area contributed by atoms with Crippen LogP contribution in [0.25, 0.3) is 0 Å². The first-order valence-electron chi connectivity index (χ1n) is 12.1. The minimum atomic E-state index is -1.87. The smallest absolute Gasteiger partial charge is 0.303 e. The largest absolute Gasteiger partial charge is 0.508 e. The number of aromatic hydroxyl groups is 1. The highest BCUT2D eigenvalue weighted by Gasteiger charge is 2.75.